The Hall–Kier alpha value is -1.88. The summed E-state index contributed by atoms with van der Waals surface area (Å²) in [6.45, 7) is 9.08. The Kier molecular flexibility index (Phi) is 5.55. The molecule has 0 saturated carbocycles. The Balaban J connectivity index is 2.01. The van der Waals surface area contributed by atoms with Crippen molar-refractivity contribution in [1.82, 2.24) is 4.98 Å². The maximum atomic E-state index is 5.97. The molecule has 0 atom stereocenters. The molecule has 118 valence electrons. The van der Waals surface area contributed by atoms with Gasteiger partial charge in [-0.1, -0.05) is 32.9 Å². The van der Waals surface area contributed by atoms with Crippen molar-refractivity contribution in [2.75, 3.05) is 5.32 Å². The van der Waals surface area contributed by atoms with E-state index in [-0.39, 0.29) is 0 Å². The number of rotatable bonds is 5. The van der Waals surface area contributed by atoms with Crippen LogP contribution >= 0.6 is 11.3 Å². The third-order valence-electron chi connectivity index (χ3n) is 3.42. The number of hydrogen-bond acceptors (Lipinski definition) is 3. The summed E-state index contributed by atoms with van der Waals surface area (Å²) in [6.07, 6.45) is 1.00. The minimum Gasteiger partial charge on any atom is -0.370 e. The van der Waals surface area contributed by atoms with Gasteiger partial charge in [-0.3, -0.25) is 0 Å². The Morgan fingerprint density at radius 1 is 1.41 bits per heavy atom. The van der Waals surface area contributed by atoms with E-state index in [0.717, 1.165) is 22.8 Å². The number of thiazole rings is 1. The molecule has 2 aromatic rings. The normalized spacial score (nSPS) is 12.0. The molecular formula is C17H24N4S. The van der Waals surface area contributed by atoms with E-state index in [1.54, 1.807) is 11.3 Å². The van der Waals surface area contributed by atoms with Gasteiger partial charge in [-0.25, -0.2) is 9.98 Å². The molecular weight excluding hydrogens is 292 g/mol. The van der Waals surface area contributed by atoms with Crippen molar-refractivity contribution in [2.45, 2.75) is 46.6 Å². The van der Waals surface area contributed by atoms with Crippen molar-refractivity contribution in [3.05, 3.63) is 45.4 Å². The Morgan fingerprint density at radius 3 is 2.82 bits per heavy atom. The second-order valence-corrected chi connectivity index (χ2v) is 6.87. The number of guanidine groups is 1. The molecule has 0 aliphatic carbocycles. The first kappa shape index (κ1) is 16.5. The molecule has 0 aliphatic rings. The molecule has 1 aromatic carbocycles. The second-order valence-electron chi connectivity index (χ2n) is 5.58. The van der Waals surface area contributed by atoms with Crippen LogP contribution in [0.2, 0.25) is 0 Å². The lowest BCUT2D eigenvalue weighted by Gasteiger charge is -2.06. The fraction of sp³-hybridized carbons (Fsp3) is 0.412. The average molecular weight is 316 g/mol. The quantitative estimate of drug-likeness (QED) is 0.646. The lowest BCUT2D eigenvalue weighted by atomic mass is 10.1. The minimum absolute atomic E-state index is 0.423. The first-order chi connectivity index (χ1) is 10.5. The summed E-state index contributed by atoms with van der Waals surface area (Å²) >= 11 is 1.70. The maximum Gasteiger partial charge on any atom is 0.193 e. The molecule has 0 saturated heterocycles. The monoisotopic (exact) mass is 316 g/mol. The first-order valence-electron chi connectivity index (χ1n) is 7.61. The molecule has 0 radical (unpaired) electrons. The first-order valence-corrected chi connectivity index (χ1v) is 8.43. The summed E-state index contributed by atoms with van der Waals surface area (Å²) in [5.41, 5.74) is 9.37. The largest absolute Gasteiger partial charge is 0.370 e. The van der Waals surface area contributed by atoms with Crippen LogP contribution in [0.25, 0.3) is 0 Å². The molecule has 5 heteroatoms. The van der Waals surface area contributed by atoms with Crippen LogP contribution in [-0.2, 0) is 13.0 Å². The van der Waals surface area contributed by atoms with Crippen LogP contribution in [-0.4, -0.2) is 10.9 Å². The molecule has 0 unspecified atom stereocenters. The van der Waals surface area contributed by atoms with E-state index in [1.165, 1.54) is 10.4 Å². The molecule has 1 aromatic heterocycles. The lowest BCUT2D eigenvalue weighted by molar-refractivity contribution is 0.814. The zero-order chi connectivity index (χ0) is 16.1. The van der Waals surface area contributed by atoms with E-state index in [9.17, 15) is 0 Å². The molecule has 0 aliphatic heterocycles. The highest BCUT2D eigenvalue weighted by atomic mass is 32.1. The molecule has 3 N–H and O–H groups in total. The third-order valence-corrected chi connectivity index (χ3v) is 4.39. The van der Waals surface area contributed by atoms with Crippen LogP contribution in [0.3, 0.4) is 0 Å². The molecule has 0 amide bonds. The number of nitrogens with two attached hydrogens (primary N) is 1. The number of benzene rings is 1. The Bertz CT molecular complexity index is 658. The second kappa shape index (κ2) is 7.40. The summed E-state index contributed by atoms with van der Waals surface area (Å²) in [5.74, 6) is 0.869. The molecule has 0 spiro atoms. The van der Waals surface area contributed by atoms with Crippen LogP contribution < -0.4 is 11.1 Å². The van der Waals surface area contributed by atoms with Gasteiger partial charge in [0.25, 0.3) is 0 Å². The lowest BCUT2D eigenvalue weighted by Crippen LogP contribution is -2.22. The van der Waals surface area contributed by atoms with E-state index >= 15 is 0 Å². The standard InChI is InChI=1S/C17H24N4S/c1-5-13-7-6-8-14(9-13)20-17(18)19-10-15-21-16(11(2)3)12(4)22-15/h6-9,11H,5,10H2,1-4H3,(H3,18,19,20). The van der Waals surface area contributed by atoms with E-state index in [2.05, 4.69) is 55.1 Å². The van der Waals surface area contributed by atoms with E-state index in [4.69, 9.17) is 5.73 Å². The summed E-state index contributed by atoms with van der Waals surface area (Å²) in [5, 5.41) is 4.14. The molecule has 22 heavy (non-hydrogen) atoms. The highest BCUT2D eigenvalue weighted by Crippen LogP contribution is 2.24. The van der Waals surface area contributed by atoms with Crippen molar-refractivity contribution in [1.29, 1.82) is 0 Å². The number of anilines is 1. The molecule has 1 heterocycles. The van der Waals surface area contributed by atoms with Gasteiger partial charge in [-0.15, -0.1) is 11.3 Å². The highest BCUT2D eigenvalue weighted by molar-refractivity contribution is 7.11. The number of aromatic nitrogens is 1. The average Bonchev–Trinajstić information content (AvgIpc) is 2.86. The van der Waals surface area contributed by atoms with Gasteiger partial charge in [0.2, 0.25) is 0 Å². The van der Waals surface area contributed by atoms with Gasteiger partial charge in [-0.05, 0) is 37.0 Å². The summed E-state index contributed by atoms with van der Waals surface area (Å²) in [7, 11) is 0. The van der Waals surface area contributed by atoms with Crippen LogP contribution in [0.5, 0.6) is 0 Å². The van der Waals surface area contributed by atoms with Crippen molar-refractivity contribution in [2.24, 2.45) is 10.7 Å². The summed E-state index contributed by atoms with van der Waals surface area (Å²) in [4.78, 5) is 10.3. The fourth-order valence-corrected chi connectivity index (χ4v) is 3.29. The maximum absolute atomic E-state index is 5.97. The van der Waals surface area contributed by atoms with Gasteiger partial charge in [-0.2, -0.15) is 0 Å². The van der Waals surface area contributed by atoms with Gasteiger partial charge in [0.05, 0.1) is 12.2 Å². The Morgan fingerprint density at radius 2 is 2.18 bits per heavy atom. The number of aliphatic imine (C=N–C) groups is 1. The fourth-order valence-electron chi connectivity index (χ4n) is 2.28. The van der Waals surface area contributed by atoms with Crippen LogP contribution in [0, 0.1) is 6.92 Å². The molecule has 0 fully saturated rings. The van der Waals surface area contributed by atoms with Crippen LogP contribution in [0.15, 0.2) is 29.3 Å². The summed E-state index contributed by atoms with van der Waals surface area (Å²) in [6, 6.07) is 8.20. The van der Waals surface area contributed by atoms with Crippen molar-refractivity contribution >= 4 is 23.0 Å². The van der Waals surface area contributed by atoms with Gasteiger partial charge in [0.1, 0.15) is 5.01 Å². The number of aryl methyl sites for hydroxylation is 2. The molecule has 2 rings (SSSR count). The third kappa shape index (κ3) is 4.31. The number of nitrogens with zero attached hydrogens (tertiary/aromatic N) is 2. The number of nitrogens with one attached hydrogen (secondary N) is 1. The smallest absolute Gasteiger partial charge is 0.193 e. The zero-order valence-electron chi connectivity index (χ0n) is 13.7. The Labute approximate surface area is 136 Å². The van der Waals surface area contributed by atoms with Gasteiger partial charge in [0, 0.05) is 10.6 Å². The van der Waals surface area contributed by atoms with Crippen LogP contribution in [0.4, 0.5) is 5.69 Å². The van der Waals surface area contributed by atoms with E-state index in [1.807, 2.05) is 12.1 Å². The highest BCUT2D eigenvalue weighted by Gasteiger charge is 2.10. The van der Waals surface area contributed by atoms with Crippen molar-refractivity contribution in [3.8, 4) is 0 Å². The molecule has 4 nitrogen and oxygen atoms in total. The summed E-state index contributed by atoms with van der Waals surface area (Å²) < 4.78 is 0. The predicted molar refractivity (Wildman–Crippen MR) is 95.7 cm³/mol. The van der Waals surface area contributed by atoms with Gasteiger partial charge < -0.3 is 11.1 Å². The van der Waals surface area contributed by atoms with Gasteiger partial charge in [0.15, 0.2) is 5.96 Å². The topological polar surface area (TPSA) is 63.3 Å². The number of hydrogen-bond donors (Lipinski definition) is 2. The van der Waals surface area contributed by atoms with E-state index in [0.29, 0.717) is 18.4 Å². The predicted octanol–water partition coefficient (Wildman–Crippen LogP) is 4.06. The van der Waals surface area contributed by atoms with Crippen LogP contribution in [0.1, 0.15) is 47.8 Å². The molecule has 0 bridgehead atoms. The van der Waals surface area contributed by atoms with Crippen molar-refractivity contribution < 1.29 is 0 Å². The van der Waals surface area contributed by atoms with Crippen molar-refractivity contribution in [3.63, 3.8) is 0 Å². The SMILES string of the molecule is CCc1cccc(NC(N)=NCc2nc(C(C)C)c(C)s2)c1. The minimum atomic E-state index is 0.423. The van der Waals surface area contributed by atoms with E-state index < -0.39 is 0 Å². The van der Waals surface area contributed by atoms with Gasteiger partial charge >= 0.3 is 0 Å². The zero-order valence-corrected chi connectivity index (χ0v) is 14.5.